The standard InChI is InChI=1S/C15H18ClNO4/c1-3-4-5-12(15(19)20)17-14(18)9-21-13-7-6-11(16)8-10(13)2/h3-4,6-8,12H,5,9H2,1-2H3,(H,17,18)(H,19,20)/b4-3+. The fourth-order valence-corrected chi connectivity index (χ4v) is 1.87. The molecule has 0 saturated carbocycles. The zero-order valence-corrected chi connectivity index (χ0v) is 12.7. The summed E-state index contributed by atoms with van der Waals surface area (Å²) in [5, 5.41) is 12.0. The number of nitrogens with one attached hydrogen (secondary N) is 1. The summed E-state index contributed by atoms with van der Waals surface area (Å²) in [4.78, 5) is 22.7. The minimum Gasteiger partial charge on any atom is -0.484 e. The van der Waals surface area contributed by atoms with Gasteiger partial charge in [-0.2, -0.15) is 0 Å². The van der Waals surface area contributed by atoms with Crippen LogP contribution in [0.4, 0.5) is 0 Å². The van der Waals surface area contributed by atoms with Crippen molar-refractivity contribution in [3.8, 4) is 5.75 Å². The number of amides is 1. The highest BCUT2D eigenvalue weighted by molar-refractivity contribution is 6.30. The number of carbonyl (C=O) groups is 2. The highest BCUT2D eigenvalue weighted by atomic mass is 35.5. The van der Waals surface area contributed by atoms with E-state index >= 15 is 0 Å². The maximum Gasteiger partial charge on any atom is 0.326 e. The van der Waals surface area contributed by atoms with Gasteiger partial charge in [0.05, 0.1) is 0 Å². The van der Waals surface area contributed by atoms with Crippen molar-refractivity contribution in [2.75, 3.05) is 6.61 Å². The molecule has 0 bridgehead atoms. The minimum absolute atomic E-state index is 0.234. The van der Waals surface area contributed by atoms with Crippen molar-refractivity contribution in [3.63, 3.8) is 0 Å². The first-order valence-corrected chi connectivity index (χ1v) is 6.84. The highest BCUT2D eigenvalue weighted by Gasteiger charge is 2.18. The van der Waals surface area contributed by atoms with E-state index in [9.17, 15) is 9.59 Å². The lowest BCUT2D eigenvalue weighted by molar-refractivity contribution is -0.142. The first-order chi connectivity index (χ1) is 9.93. The number of halogens is 1. The summed E-state index contributed by atoms with van der Waals surface area (Å²) < 4.78 is 5.36. The van der Waals surface area contributed by atoms with Gasteiger partial charge in [-0.25, -0.2) is 4.79 Å². The van der Waals surface area contributed by atoms with Crippen molar-refractivity contribution in [3.05, 3.63) is 40.9 Å². The molecule has 0 radical (unpaired) electrons. The number of allylic oxidation sites excluding steroid dienone is 1. The number of hydrogen-bond acceptors (Lipinski definition) is 3. The molecule has 1 aromatic carbocycles. The molecule has 6 heteroatoms. The molecule has 0 saturated heterocycles. The Morgan fingerprint density at radius 2 is 2.19 bits per heavy atom. The van der Waals surface area contributed by atoms with Crippen LogP contribution in [0.2, 0.25) is 5.02 Å². The molecular formula is C15H18ClNO4. The average Bonchev–Trinajstić information content (AvgIpc) is 2.42. The first-order valence-electron chi connectivity index (χ1n) is 6.46. The van der Waals surface area contributed by atoms with E-state index in [2.05, 4.69) is 5.32 Å². The summed E-state index contributed by atoms with van der Waals surface area (Å²) in [5.41, 5.74) is 0.805. The SMILES string of the molecule is C/C=C/CC(NC(=O)COc1ccc(Cl)cc1C)C(=O)O. The molecule has 0 aliphatic carbocycles. The summed E-state index contributed by atoms with van der Waals surface area (Å²) in [6.07, 6.45) is 3.65. The van der Waals surface area contributed by atoms with Gasteiger partial charge < -0.3 is 15.2 Å². The lowest BCUT2D eigenvalue weighted by atomic mass is 10.2. The van der Waals surface area contributed by atoms with Gasteiger partial charge >= 0.3 is 5.97 Å². The minimum atomic E-state index is -1.08. The van der Waals surface area contributed by atoms with E-state index in [4.69, 9.17) is 21.4 Å². The largest absolute Gasteiger partial charge is 0.484 e. The molecule has 2 N–H and O–H groups in total. The van der Waals surface area contributed by atoms with Gasteiger partial charge in [0.25, 0.3) is 5.91 Å². The summed E-state index contributed by atoms with van der Waals surface area (Å²) in [6, 6.07) is 4.09. The second kappa shape index (κ2) is 8.32. The van der Waals surface area contributed by atoms with Gasteiger partial charge in [0.1, 0.15) is 11.8 Å². The third-order valence-corrected chi connectivity index (χ3v) is 2.97. The smallest absolute Gasteiger partial charge is 0.326 e. The zero-order chi connectivity index (χ0) is 15.8. The van der Waals surface area contributed by atoms with Crippen molar-refractivity contribution in [2.24, 2.45) is 0 Å². The summed E-state index contributed by atoms with van der Waals surface area (Å²) in [7, 11) is 0. The van der Waals surface area contributed by atoms with Crippen molar-refractivity contribution < 1.29 is 19.4 Å². The maximum atomic E-state index is 11.7. The normalized spacial score (nSPS) is 12.1. The van der Waals surface area contributed by atoms with Crippen LogP contribution in [0.5, 0.6) is 5.75 Å². The van der Waals surface area contributed by atoms with E-state index in [0.717, 1.165) is 5.56 Å². The van der Waals surface area contributed by atoms with Crippen molar-refractivity contribution in [1.29, 1.82) is 0 Å². The predicted octanol–water partition coefficient (Wildman–Crippen LogP) is 2.56. The molecule has 0 fully saturated rings. The Labute approximate surface area is 128 Å². The van der Waals surface area contributed by atoms with Gasteiger partial charge in [-0.3, -0.25) is 4.79 Å². The highest BCUT2D eigenvalue weighted by Crippen LogP contribution is 2.21. The molecule has 0 aliphatic heterocycles. The van der Waals surface area contributed by atoms with Crippen LogP contribution in [0.3, 0.4) is 0 Å². The van der Waals surface area contributed by atoms with Gasteiger partial charge in [-0.1, -0.05) is 23.8 Å². The summed E-state index contributed by atoms with van der Waals surface area (Å²) in [5.74, 6) is -1.03. The van der Waals surface area contributed by atoms with Crippen molar-refractivity contribution in [2.45, 2.75) is 26.3 Å². The van der Waals surface area contributed by atoms with Gasteiger partial charge in [0.15, 0.2) is 6.61 Å². The molecule has 114 valence electrons. The Balaban J connectivity index is 2.54. The second-order valence-corrected chi connectivity index (χ2v) is 4.90. The van der Waals surface area contributed by atoms with Crippen LogP contribution >= 0.6 is 11.6 Å². The lowest BCUT2D eigenvalue weighted by Gasteiger charge is -2.14. The zero-order valence-electron chi connectivity index (χ0n) is 11.9. The Kier molecular flexibility index (Phi) is 6.75. The van der Waals surface area contributed by atoms with E-state index in [-0.39, 0.29) is 13.0 Å². The van der Waals surface area contributed by atoms with E-state index in [1.807, 2.05) is 6.92 Å². The molecule has 0 heterocycles. The molecule has 1 aromatic rings. The number of benzene rings is 1. The average molecular weight is 312 g/mol. The summed E-state index contributed by atoms with van der Waals surface area (Å²) >= 11 is 5.83. The van der Waals surface area contributed by atoms with E-state index in [0.29, 0.717) is 10.8 Å². The number of aliphatic carboxylic acids is 1. The van der Waals surface area contributed by atoms with Crippen LogP contribution in [0.25, 0.3) is 0 Å². The number of aryl methyl sites for hydroxylation is 1. The third kappa shape index (κ3) is 5.87. The van der Waals surface area contributed by atoms with E-state index < -0.39 is 17.9 Å². The van der Waals surface area contributed by atoms with Crippen LogP contribution in [-0.2, 0) is 9.59 Å². The number of carboxylic acids is 1. The topological polar surface area (TPSA) is 75.6 Å². The quantitative estimate of drug-likeness (QED) is 0.759. The van der Waals surface area contributed by atoms with Crippen LogP contribution in [0.15, 0.2) is 30.4 Å². The Morgan fingerprint density at radius 3 is 2.76 bits per heavy atom. The van der Waals surface area contributed by atoms with Crippen LogP contribution in [-0.4, -0.2) is 29.6 Å². The maximum absolute atomic E-state index is 11.7. The van der Waals surface area contributed by atoms with Crippen molar-refractivity contribution in [1.82, 2.24) is 5.32 Å². The van der Waals surface area contributed by atoms with Gasteiger partial charge in [-0.15, -0.1) is 0 Å². The van der Waals surface area contributed by atoms with Crippen LogP contribution < -0.4 is 10.1 Å². The molecule has 0 aliphatic rings. The van der Waals surface area contributed by atoms with Crippen LogP contribution in [0.1, 0.15) is 18.9 Å². The van der Waals surface area contributed by atoms with Gasteiger partial charge in [-0.05, 0) is 44.0 Å². The Bertz CT molecular complexity index is 542. The van der Waals surface area contributed by atoms with Crippen molar-refractivity contribution >= 4 is 23.5 Å². The molecule has 5 nitrogen and oxygen atoms in total. The number of carboxylic acid groups (broad SMARTS) is 1. The molecule has 1 rings (SSSR count). The number of rotatable bonds is 7. The van der Waals surface area contributed by atoms with Crippen LogP contribution in [0, 0.1) is 6.92 Å². The predicted molar refractivity (Wildman–Crippen MR) is 80.7 cm³/mol. The van der Waals surface area contributed by atoms with E-state index in [1.165, 1.54) is 0 Å². The Hall–Kier alpha value is -2.01. The third-order valence-electron chi connectivity index (χ3n) is 2.74. The monoisotopic (exact) mass is 311 g/mol. The fraction of sp³-hybridized carbons (Fsp3) is 0.333. The molecule has 1 unspecified atom stereocenters. The van der Waals surface area contributed by atoms with Gasteiger partial charge in [0.2, 0.25) is 0 Å². The molecule has 0 spiro atoms. The summed E-state index contributed by atoms with van der Waals surface area (Å²) in [6.45, 7) is 3.35. The van der Waals surface area contributed by atoms with E-state index in [1.54, 1.807) is 37.3 Å². The van der Waals surface area contributed by atoms with Gasteiger partial charge in [0, 0.05) is 5.02 Å². The Morgan fingerprint density at radius 1 is 1.48 bits per heavy atom. The molecule has 0 aromatic heterocycles. The lowest BCUT2D eigenvalue weighted by Crippen LogP contribution is -2.42. The number of ether oxygens (including phenoxy) is 1. The first kappa shape index (κ1) is 17.0. The molecular weight excluding hydrogens is 294 g/mol. The number of carbonyl (C=O) groups excluding carboxylic acids is 1. The molecule has 21 heavy (non-hydrogen) atoms. The second-order valence-electron chi connectivity index (χ2n) is 4.46. The number of hydrogen-bond donors (Lipinski definition) is 2. The molecule has 1 amide bonds. The fourth-order valence-electron chi connectivity index (χ4n) is 1.65. The molecule has 1 atom stereocenters.